The summed E-state index contributed by atoms with van der Waals surface area (Å²) in [7, 11) is 0. The highest BCUT2D eigenvalue weighted by atomic mass is 79.9. The summed E-state index contributed by atoms with van der Waals surface area (Å²) >= 11 is 4.77. The normalized spacial score (nSPS) is 12.2. The second-order valence-electron chi connectivity index (χ2n) is 6.20. The van der Waals surface area contributed by atoms with E-state index in [-0.39, 0.29) is 16.8 Å². The van der Waals surface area contributed by atoms with Crippen LogP contribution in [0.3, 0.4) is 0 Å². The molecule has 28 heavy (non-hydrogen) atoms. The molecule has 1 unspecified atom stereocenters. The second kappa shape index (κ2) is 7.69. The minimum absolute atomic E-state index is 0.149. The third-order valence-corrected chi connectivity index (χ3v) is 5.68. The second-order valence-corrected chi connectivity index (χ2v) is 8.44. The molecule has 0 aliphatic heterocycles. The van der Waals surface area contributed by atoms with E-state index in [0.29, 0.717) is 21.9 Å². The monoisotopic (exact) mass is 457 g/mol. The first kappa shape index (κ1) is 18.6. The molecule has 142 valence electrons. The molecular formula is C19H16BrN5O2S. The van der Waals surface area contributed by atoms with Gasteiger partial charge in [0.05, 0.1) is 28.2 Å². The molecule has 7 nitrogen and oxygen atoms in total. The largest absolute Gasteiger partial charge is 0.333 e. The number of benzene rings is 2. The summed E-state index contributed by atoms with van der Waals surface area (Å²) < 4.78 is 1.01. The molecule has 4 N–H and O–H groups in total. The summed E-state index contributed by atoms with van der Waals surface area (Å²) in [6.45, 7) is 1.82. The number of fused-ring (bicyclic) bond motifs is 1. The van der Waals surface area contributed by atoms with Gasteiger partial charge in [-0.15, -0.1) is 0 Å². The Morgan fingerprint density at radius 2 is 1.86 bits per heavy atom. The van der Waals surface area contributed by atoms with E-state index in [1.807, 2.05) is 31.2 Å². The number of hydrogen-bond donors (Lipinski definition) is 4. The van der Waals surface area contributed by atoms with E-state index in [2.05, 4.69) is 41.2 Å². The zero-order valence-electron chi connectivity index (χ0n) is 14.7. The number of H-pyrrole nitrogens is 3. The molecule has 0 fully saturated rings. The van der Waals surface area contributed by atoms with Crippen molar-refractivity contribution in [2.24, 2.45) is 0 Å². The summed E-state index contributed by atoms with van der Waals surface area (Å²) in [4.78, 5) is 36.8. The summed E-state index contributed by atoms with van der Waals surface area (Å²) in [5.74, 6) is -0.149. The van der Waals surface area contributed by atoms with Gasteiger partial charge in [-0.3, -0.25) is 4.79 Å². The molecule has 0 spiro atoms. The first-order chi connectivity index (χ1) is 13.5. The molecule has 1 atom stereocenters. The number of amides is 1. The minimum Gasteiger partial charge on any atom is -0.333 e. The topological polar surface area (TPSA) is 106 Å². The number of hydrogen-bond acceptors (Lipinski definition) is 4. The minimum atomic E-state index is -0.357. The average Bonchev–Trinajstić information content (AvgIpc) is 3.27. The molecule has 0 saturated heterocycles. The lowest BCUT2D eigenvalue weighted by Gasteiger charge is -2.10. The van der Waals surface area contributed by atoms with E-state index in [9.17, 15) is 9.59 Å². The summed E-state index contributed by atoms with van der Waals surface area (Å²) in [5.41, 5.74) is 3.60. The van der Waals surface area contributed by atoms with Crippen molar-refractivity contribution in [1.29, 1.82) is 0 Å². The Morgan fingerprint density at radius 3 is 2.64 bits per heavy atom. The zero-order chi connectivity index (χ0) is 19.7. The van der Waals surface area contributed by atoms with Gasteiger partial charge in [0, 0.05) is 10.2 Å². The fraction of sp³-hybridized carbons (Fsp3) is 0.105. The first-order valence-electron chi connectivity index (χ1n) is 8.48. The van der Waals surface area contributed by atoms with E-state index in [0.717, 1.165) is 15.7 Å². The number of rotatable bonds is 5. The predicted molar refractivity (Wildman–Crippen MR) is 115 cm³/mol. The van der Waals surface area contributed by atoms with Crippen LogP contribution in [0.1, 0.15) is 6.92 Å². The molecule has 2 aromatic carbocycles. The van der Waals surface area contributed by atoms with Gasteiger partial charge in [0.25, 0.3) is 0 Å². The maximum Gasteiger partial charge on any atom is 0.323 e. The molecule has 4 aromatic rings. The van der Waals surface area contributed by atoms with Gasteiger partial charge in [0.15, 0.2) is 5.16 Å². The van der Waals surface area contributed by atoms with E-state index in [1.165, 1.54) is 11.8 Å². The van der Waals surface area contributed by atoms with Crippen LogP contribution in [0.2, 0.25) is 0 Å². The molecule has 1 amide bonds. The van der Waals surface area contributed by atoms with Crippen molar-refractivity contribution in [2.45, 2.75) is 17.3 Å². The van der Waals surface area contributed by atoms with E-state index in [4.69, 9.17) is 0 Å². The Hall–Kier alpha value is -2.78. The van der Waals surface area contributed by atoms with Crippen LogP contribution in [-0.4, -0.2) is 31.1 Å². The van der Waals surface area contributed by atoms with Gasteiger partial charge in [0.1, 0.15) is 0 Å². The SMILES string of the molecule is CC(Sc1ncc(-c2ccc(Br)cc2)[nH]1)C(=O)Nc1ccc2[nH]c(=O)[nH]c2c1. The van der Waals surface area contributed by atoms with Crippen LogP contribution in [0.4, 0.5) is 5.69 Å². The lowest BCUT2D eigenvalue weighted by atomic mass is 10.2. The number of carbonyl (C=O) groups excluding carboxylic acids is 1. The molecule has 0 aliphatic rings. The molecular weight excluding hydrogens is 442 g/mol. The van der Waals surface area contributed by atoms with Crippen LogP contribution in [0.25, 0.3) is 22.3 Å². The highest BCUT2D eigenvalue weighted by Gasteiger charge is 2.17. The van der Waals surface area contributed by atoms with Crippen molar-refractivity contribution in [3.05, 3.63) is 63.6 Å². The fourth-order valence-electron chi connectivity index (χ4n) is 2.71. The van der Waals surface area contributed by atoms with Crippen molar-refractivity contribution >= 4 is 50.3 Å². The van der Waals surface area contributed by atoms with Crippen LogP contribution < -0.4 is 11.0 Å². The molecule has 4 rings (SSSR count). The molecule has 2 aromatic heterocycles. The quantitative estimate of drug-likeness (QED) is 0.338. The third kappa shape index (κ3) is 4.05. The van der Waals surface area contributed by atoms with Gasteiger partial charge < -0.3 is 20.3 Å². The molecule has 0 radical (unpaired) electrons. The van der Waals surface area contributed by atoms with Gasteiger partial charge in [-0.25, -0.2) is 9.78 Å². The fourth-order valence-corrected chi connectivity index (χ4v) is 3.76. The number of aromatic nitrogens is 4. The first-order valence-corrected chi connectivity index (χ1v) is 10.2. The van der Waals surface area contributed by atoms with Gasteiger partial charge in [-0.05, 0) is 42.8 Å². The van der Waals surface area contributed by atoms with Crippen molar-refractivity contribution in [1.82, 2.24) is 19.9 Å². The smallest absolute Gasteiger partial charge is 0.323 e. The Balaban J connectivity index is 1.42. The number of aromatic amines is 3. The molecule has 0 saturated carbocycles. The molecule has 9 heteroatoms. The van der Waals surface area contributed by atoms with Gasteiger partial charge in [-0.1, -0.05) is 39.8 Å². The highest BCUT2D eigenvalue weighted by molar-refractivity contribution is 9.10. The number of nitrogens with one attached hydrogen (secondary N) is 4. The molecule has 0 bridgehead atoms. The Bertz CT molecular complexity index is 1190. The van der Waals surface area contributed by atoms with Crippen LogP contribution >= 0.6 is 27.7 Å². The number of thioether (sulfide) groups is 1. The van der Waals surface area contributed by atoms with Crippen LogP contribution in [-0.2, 0) is 4.79 Å². The van der Waals surface area contributed by atoms with Gasteiger partial charge >= 0.3 is 5.69 Å². The maximum atomic E-state index is 12.5. The van der Waals surface area contributed by atoms with Crippen molar-refractivity contribution in [3.63, 3.8) is 0 Å². The highest BCUT2D eigenvalue weighted by Crippen LogP contribution is 2.26. The number of halogens is 1. The standard InChI is InChI=1S/C19H16BrN5O2S/c1-10(17(26)22-13-6-7-14-15(8-13)24-18(27)23-14)28-19-21-9-16(25-19)11-2-4-12(20)5-3-11/h2-10H,1H3,(H,21,25)(H,22,26)(H2,23,24,27). The summed E-state index contributed by atoms with van der Waals surface area (Å²) in [5, 5.41) is 3.18. The van der Waals surface area contributed by atoms with Crippen LogP contribution in [0.5, 0.6) is 0 Å². The number of nitrogens with zero attached hydrogens (tertiary/aromatic N) is 1. The number of imidazole rings is 2. The maximum absolute atomic E-state index is 12.5. The summed E-state index contributed by atoms with van der Waals surface area (Å²) in [6, 6.07) is 13.1. The van der Waals surface area contributed by atoms with Crippen molar-refractivity contribution in [3.8, 4) is 11.3 Å². The van der Waals surface area contributed by atoms with Gasteiger partial charge in [-0.2, -0.15) is 0 Å². The lowest BCUT2D eigenvalue weighted by molar-refractivity contribution is -0.115. The van der Waals surface area contributed by atoms with Crippen LogP contribution in [0, 0.1) is 0 Å². The molecule has 2 heterocycles. The van der Waals surface area contributed by atoms with Crippen molar-refractivity contribution < 1.29 is 4.79 Å². The molecule has 0 aliphatic carbocycles. The van der Waals surface area contributed by atoms with E-state index in [1.54, 1.807) is 24.4 Å². The third-order valence-electron chi connectivity index (χ3n) is 4.15. The van der Waals surface area contributed by atoms with Gasteiger partial charge in [0.2, 0.25) is 5.91 Å². The van der Waals surface area contributed by atoms with E-state index >= 15 is 0 Å². The number of carbonyl (C=O) groups is 1. The lowest BCUT2D eigenvalue weighted by Crippen LogP contribution is -2.22. The predicted octanol–water partition coefficient (Wildman–Crippen LogP) is 4.13. The van der Waals surface area contributed by atoms with E-state index < -0.39 is 0 Å². The Kier molecular flexibility index (Phi) is 5.10. The van der Waals surface area contributed by atoms with Crippen LogP contribution in [0.15, 0.2) is 63.1 Å². The summed E-state index contributed by atoms with van der Waals surface area (Å²) in [6.07, 6.45) is 1.76. The average molecular weight is 458 g/mol. The zero-order valence-corrected chi connectivity index (χ0v) is 17.1. The number of anilines is 1. The van der Waals surface area contributed by atoms with Crippen molar-refractivity contribution in [2.75, 3.05) is 5.32 Å². The Labute approximate surface area is 172 Å². The Morgan fingerprint density at radius 1 is 1.11 bits per heavy atom.